The average Bonchev–Trinajstić information content (AvgIpc) is 2.94. The lowest BCUT2D eigenvalue weighted by Gasteiger charge is -1.99. The van der Waals surface area contributed by atoms with Crippen LogP contribution in [0, 0.1) is 11.3 Å². The smallest absolute Gasteiger partial charge is 0.230 e. The van der Waals surface area contributed by atoms with E-state index in [1.54, 1.807) is 6.20 Å². The van der Waals surface area contributed by atoms with Crippen LogP contribution in [0.15, 0.2) is 30.5 Å². The summed E-state index contributed by atoms with van der Waals surface area (Å²) in [7, 11) is 0. The number of aromatic amines is 1. The molecule has 0 aliphatic carbocycles. The lowest BCUT2D eigenvalue weighted by molar-refractivity contribution is 0.839. The number of anilines is 1. The molecule has 6 nitrogen and oxygen atoms in total. The van der Waals surface area contributed by atoms with Crippen LogP contribution in [0.4, 0.5) is 5.82 Å². The van der Waals surface area contributed by atoms with Crippen LogP contribution in [0.3, 0.4) is 0 Å². The molecule has 0 amide bonds. The zero-order valence-corrected chi connectivity index (χ0v) is 9.46. The van der Waals surface area contributed by atoms with E-state index in [2.05, 4.69) is 21.1 Å². The highest BCUT2D eigenvalue weighted by atomic mass is 15.4. The highest BCUT2D eigenvalue weighted by Gasteiger charge is 2.11. The van der Waals surface area contributed by atoms with Gasteiger partial charge in [0.15, 0.2) is 0 Å². The first-order valence-electron chi connectivity index (χ1n) is 5.44. The molecular formula is C12H10N6. The molecule has 0 radical (unpaired) electrons. The first-order chi connectivity index (χ1) is 8.79. The molecule has 2 heterocycles. The van der Waals surface area contributed by atoms with Gasteiger partial charge in [-0.25, -0.2) is 4.98 Å². The third kappa shape index (κ3) is 1.50. The first kappa shape index (κ1) is 10.4. The van der Waals surface area contributed by atoms with E-state index in [9.17, 15) is 0 Å². The molecule has 3 N–H and O–H groups in total. The summed E-state index contributed by atoms with van der Waals surface area (Å²) >= 11 is 0. The van der Waals surface area contributed by atoms with Gasteiger partial charge in [0.05, 0.1) is 29.7 Å². The van der Waals surface area contributed by atoms with Gasteiger partial charge >= 0.3 is 0 Å². The van der Waals surface area contributed by atoms with E-state index in [1.807, 2.05) is 24.3 Å². The van der Waals surface area contributed by atoms with Gasteiger partial charge in [0.2, 0.25) is 5.95 Å². The normalized spacial score (nSPS) is 10.6. The van der Waals surface area contributed by atoms with Gasteiger partial charge in [0.25, 0.3) is 0 Å². The summed E-state index contributed by atoms with van der Waals surface area (Å²) in [5.74, 6) is 0.994. The molecule has 3 rings (SSSR count). The van der Waals surface area contributed by atoms with Crippen molar-refractivity contribution in [1.82, 2.24) is 19.7 Å². The monoisotopic (exact) mass is 238 g/mol. The van der Waals surface area contributed by atoms with Crippen molar-refractivity contribution in [3.63, 3.8) is 0 Å². The highest BCUT2D eigenvalue weighted by molar-refractivity contribution is 5.76. The number of nitrogen functional groups attached to an aromatic ring is 1. The molecule has 0 unspecified atom stereocenters. The standard InChI is InChI=1S/C12H10N6/c13-6-5-8-7-15-18(11(8)14)12-16-9-3-1-2-4-10(9)17-12/h1-4,7H,5,14H2,(H,16,17). The largest absolute Gasteiger partial charge is 0.383 e. The third-order valence-corrected chi connectivity index (χ3v) is 2.73. The van der Waals surface area contributed by atoms with E-state index in [4.69, 9.17) is 11.0 Å². The topological polar surface area (TPSA) is 96.3 Å². The van der Waals surface area contributed by atoms with Crippen LogP contribution in [0.25, 0.3) is 17.0 Å². The number of benzene rings is 1. The van der Waals surface area contributed by atoms with Crippen LogP contribution in [0.5, 0.6) is 0 Å². The number of H-pyrrole nitrogens is 1. The Morgan fingerprint density at radius 2 is 2.22 bits per heavy atom. The second-order valence-electron chi connectivity index (χ2n) is 3.88. The van der Waals surface area contributed by atoms with Gasteiger partial charge in [-0.3, -0.25) is 0 Å². The number of nitrogens with zero attached hydrogens (tertiary/aromatic N) is 4. The summed E-state index contributed by atoms with van der Waals surface area (Å²) in [6, 6.07) is 9.74. The number of para-hydroxylation sites is 2. The lowest BCUT2D eigenvalue weighted by Crippen LogP contribution is -2.04. The molecule has 2 aromatic heterocycles. The molecule has 1 aromatic carbocycles. The SMILES string of the molecule is N#CCc1cnn(-c2nc3ccccc3[nH]2)c1N. The molecule has 0 saturated carbocycles. The summed E-state index contributed by atoms with van der Waals surface area (Å²) in [4.78, 5) is 7.53. The molecule has 0 spiro atoms. The number of nitrogens with two attached hydrogens (primary N) is 1. The maximum Gasteiger partial charge on any atom is 0.230 e. The van der Waals surface area contributed by atoms with Gasteiger partial charge in [0.1, 0.15) is 5.82 Å². The molecule has 3 aromatic rings. The minimum atomic E-state index is 0.242. The predicted molar refractivity (Wildman–Crippen MR) is 66.9 cm³/mol. The third-order valence-electron chi connectivity index (χ3n) is 2.73. The fourth-order valence-electron chi connectivity index (χ4n) is 1.82. The van der Waals surface area contributed by atoms with Crippen molar-refractivity contribution in [2.24, 2.45) is 0 Å². The molecular weight excluding hydrogens is 228 g/mol. The minimum absolute atomic E-state index is 0.242. The predicted octanol–water partition coefficient (Wildman–Crippen LogP) is 1.40. The van der Waals surface area contributed by atoms with Crippen molar-refractivity contribution in [2.75, 3.05) is 5.73 Å². The Balaban J connectivity index is 2.12. The van der Waals surface area contributed by atoms with Gasteiger partial charge in [-0.05, 0) is 12.1 Å². The number of imidazole rings is 1. The van der Waals surface area contributed by atoms with Crippen LogP contribution in [0.2, 0.25) is 0 Å². The number of fused-ring (bicyclic) bond motifs is 1. The molecule has 0 saturated heterocycles. The van der Waals surface area contributed by atoms with Crippen LogP contribution < -0.4 is 5.73 Å². The number of nitrogens with one attached hydrogen (secondary N) is 1. The van der Waals surface area contributed by atoms with Crippen LogP contribution in [-0.2, 0) is 6.42 Å². The zero-order chi connectivity index (χ0) is 12.5. The van der Waals surface area contributed by atoms with E-state index in [-0.39, 0.29) is 6.42 Å². The maximum atomic E-state index is 8.67. The Morgan fingerprint density at radius 1 is 1.39 bits per heavy atom. The Hall–Kier alpha value is -2.81. The summed E-state index contributed by atoms with van der Waals surface area (Å²) in [5, 5.41) is 12.8. The summed E-state index contributed by atoms with van der Waals surface area (Å²) in [6.07, 6.45) is 1.83. The molecule has 0 bridgehead atoms. The maximum absolute atomic E-state index is 8.67. The fourth-order valence-corrected chi connectivity index (χ4v) is 1.82. The molecule has 0 aliphatic heterocycles. The number of aromatic nitrogens is 4. The fraction of sp³-hybridized carbons (Fsp3) is 0.0833. The molecule has 6 heteroatoms. The van der Waals surface area contributed by atoms with Gasteiger partial charge < -0.3 is 10.7 Å². The van der Waals surface area contributed by atoms with Gasteiger partial charge in [-0.15, -0.1) is 0 Å². The van der Waals surface area contributed by atoms with Gasteiger partial charge in [-0.2, -0.15) is 15.0 Å². The van der Waals surface area contributed by atoms with Crippen molar-refractivity contribution in [1.29, 1.82) is 5.26 Å². The van der Waals surface area contributed by atoms with Gasteiger partial charge in [-0.1, -0.05) is 12.1 Å². The van der Waals surface area contributed by atoms with E-state index in [0.717, 1.165) is 11.0 Å². The Bertz CT molecular complexity index is 712. The Kier molecular flexibility index (Phi) is 2.24. The number of hydrogen-bond acceptors (Lipinski definition) is 4. The second kappa shape index (κ2) is 3.89. The van der Waals surface area contributed by atoms with E-state index < -0.39 is 0 Å². The molecule has 88 valence electrons. The van der Waals surface area contributed by atoms with Crippen LogP contribution in [0.1, 0.15) is 5.56 Å². The van der Waals surface area contributed by atoms with E-state index in [0.29, 0.717) is 17.3 Å². The Morgan fingerprint density at radius 3 is 3.00 bits per heavy atom. The zero-order valence-electron chi connectivity index (χ0n) is 9.46. The second-order valence-corrected chi connectivity index (χ2v) is 3.88. The summed E-state index contributed by atoms with van der Waals surface area (Å²) in [6.45, 7) is 0. The molecule has 18 heavy (non-hydrogen) atoms. The van der Waals surface area contributed by atoms with E-state index in [1.165, 1.54) is 4.68 Å². The number of rotatable bonds is 2. The van der Waals surface area contributed by atoms with Crippen molar-refractivity contribution in [2.45, 2.75) is 6.42 Å². The first-order valence-corrected chi connectivity index (χ1v) is 5.44. The highest BCUT2D eigenvalue weighted by Crippen LogP contribution is 2.18. The number of nitriles is 1. The average molecular weight is 238 g/mol. The van der Waals surface area contributed by atoms with Crippen molar-refractivity contribution in [3.05, 3.63) is 36.0 Å². The summed E-state index contributed by atoms with van der Waals surface area (Å²) < 4.78 is 1.51. The van der Waals surface area contributed by atoms with Crippen LogP contribution in [-0.4, -0.2) is 19.7 Å². The minimum Gasteiger partial charge on any atom is -0.383 e. The molecule has 0 atom stereocenters. The molecule has 0 fully saturated rings. The van der Waals surface area contributed by atoms with Crippen molar-refractivity contribution >= 4 is 16.9 Å². The summed E-state index contributed by atoms with van der Waals surface area (Å²) in [5.41, 5.74) is 8.41. The van der Waals surface area contributed by atoms with E-state index >= 15 is 0 Å². The lowest BCUT2D eigenvalue weighted by atomic mass is 10.2. The Labute approximate surface area is 103 Å². The van der Waals surface area contributed by atoms with Crippen molar-refractivity contribution < 1.29 is 0 Å². The van der Waals surface area contributed by atoms with Gasteiger partial charge in [0, 0.05) is 5.56 Å². The van der Waals surface area contributed by atoms with Crippen molar-refractivity contribution in [3.8, 4) is 12.0 Å². The quantitative estimate of drug-likeness (QED) is 0.705. The number of hydrogen-bond donors (Lipinski definition) is 2. The van der Waals surface area contributed by atoms with Crippen LogP contribution >= 0.6 is 0 Å². The molecule has 0 aliphatic rings.